The Morgan fingerprint density at radius 1 is 0.943 bits per heavy atom. The number of carbonyl (C=O) groups is 1. The number of para-hydroxylation sites is 1. The lowest BCUT2D eigenvalue weighted by atomic mass is 10.1. The van der Waals surface area contributed by atoms with Crippen LogP contribution < -0.4 is 10.0 Å². The molecule has 8 heteroatoms. The molecule has 0 fully saturated rings. The predicted molar refractivity (Wildman–Crippen MR) is 136 cm³/mol. The quantitative estimate of drug-likeness (QED) is 0.330. The molecule has 0 aliphatic rings. The van der Waals surface area contributed by atoms with E-state index in [9.17, 15) is 13.2 Å². The number of nitrogens with one attached hydrogen (secondary N) is 2. The first-order chi connectivity index (χ1) is 16.9. The zero-order chi connectivity index (χ0) is 24.7. The van der Waals surface area contributed by atoms with Gasteiger partial charge in [-0.3, -0.25) is 4.79 Å². The van der Waals surface area contributed by atoms with Crippen LogP contribution in [0.5, 0.6) is 0 Å². The fraction of sp³-hybridized carbons (Fsp3) is 0.185. The van der Waals surface area contributed by atoms with E-state index in [0.717, 1.165) is 35.3 Å². The van der Waals surface area contributed by atoms with Gasteiger partial charge in [0.15, 0.2) is 0 Å². The Balaban J connectivity index is 1.30. The number of sulfonamides is 1. The molecule has 0 radical (unpaired) electrons. The molecule has 4 aromatic rings. The Kier molecular flexibility index (Phi) is 7.74. The van der Waals surface area contributed by atoms with Gasteiger partial charge >= 0.3 is 0 Å². The minimum atomic E-state index is -3.74. The first-order valence-electron chi connectivity index (χ1n) is 11.4. The molecule has 0 unspecified atom stereocenters. The van der Waals surface area contributed by atoms with Crippen LogP contribution in [0.25, 0.3) is 5.69 Å². The highest BCUT2D eigenvalue weighted by atomic mass is 32.2. The summed E-state index contributed by atoms with van der Waals surface area (Å²) in [5.41, 5.74) is 4.25. The van der Waals surface area contributed by atoms with E-state index >= 15 is 0 Å². The summed E-state index contributed by atoms with van der Waals surface area (Å²) in [4.78, 5) is 12.7. The molecule has 1 aromatic heterocycles. The van der Waals surface area contributed by atoms with Crippen molar-refractivity contribution in [1.82, 2.24) is 19.8 Å². The van der Waals surface area contributed by atoms with Gasteiger partial charge in [0.1, 0.15) is 0 Å². The molecule has 0 bridgehead atoms. The van der Waals surface area contributed by atoms with Crippen molar-refractivity contribution in [2.24, 2.45) is 0 Å². The third kappa shape index (κ3) is 6.44. The van der Waals surface area contributed by atoms with Crippen LogP contribution in [-0.2, 0) is 23.0 Å². The van der Waals surface area contributed by atoms with Gasteiger partial charge in [-0.05, 0) is 61.2 Å². The lowest BCUT2D eigenvalue weighted by Crippen LogP contribution is -2.26. The highest BCUT2D eigenvalue weighted by Gasteiger charge is 2.16. The monoisotopic (exact) mass is 488 g/mol. The number of benzene rings is 3. The molecule has 0 saturated heterocycles. The maximum atomic E-state index is 12.7. The minimum absolute atomic E-state index is 0.0602. The van der Waals surface area contributed by atoms with Crippen LogP contribution in [-0.4, -0.2) is 30.7 Å². The largest absolute Gasteiger partial charge is 0.352 e. The summed E-state index contributed by atoms with van der Waals surface area (Å²) >= 11 is 0. The van der Waals surface area contributed by atoms with Crippen molar-refractivity contribution in [3.63, 3.8) is 0 Å². The SMILES string of the molecule is Cc1nn(-c2ccccc2)cc1CCCNC(=O)c1cccc(S(=O)(=O)NCc2ccccc2)c1. The Labute approximate surface area is 205 Å². The molecule has 180 valence electrons. The Hall–Kier alpha value is -3.75. The van der Waals surface area contributed by atoms with Crippen molar-refractivity contribution in [2.75, 3.05) is 6.54 Å². The maximum Gasteiger partial charge on any atom is 0.251 e. The zero-order valence-corrected chi connectivity index (χ0v) is 20.3. The predicted octanol–water partition coefficient (Wildman–Crippen LogP) is 4.02. The summed E-state index contributed by atoms with van der Waals surface area (Å²) in [6.07, 6.45) is 3.53. The van der Waals surface area contributed by atoms with E-state index in [2.05, 4.69) is 15.1 Å². The number of rotatable bonds is 10. The summed E-state index contributed by atoms with van der Waals surface area (Å²) in [5, 5.41) is 7.46. The molecular formula is C27H28N4O3S. The van der Waals surface area contributed by atoms with E-state index < -0.39 is 10.0 Å². The van der Waals surface area contributed by atoms with E-state index in [-0.39, 0.29) is 17.3 Å². The molecule has 7 nitrogen and oxygen atoms in total. The highest BCUT2D eigenvalue weighted by molar-refractivity contribution is 7.89. The number of amides is 1. The molecule has 3 aromatic carbocycles. The number of nitrogens with zero attached hydrogens (tertiary/aromatic N) is 2. The molecule has 0 aliphatic carbocycles. The second-order valence-corrected chi connectivity index (χ2v) is 9.98. The molecular weight excluding hydrogens is 460 g/mol. The third-order valence-corrected chi connectivity index (χ3v) is 7.04. The molecule has 1 amide bonds. The minimum Gasteiger partial charge on any atom is -0.352 e. The van der Waals surface area contributed by atoms with Gasteiger partial charge in [0.05, 0.1) is 16.3 Å². The molecule has 0 atom stereocenters. The Morgan fingerprint density at radius 3 is 2.40 bits per heavy atom. The highest BCUT2D eigenvalue weighted by Crippen LogP contribution is 2.14. The van der Waals surface area contributed by atoms with Gasteiger partial charge in [-0.15, -0.1) is 0 Å². The number of aryl methyl sites for hydroxylation is 2. The van der Waals surface area contributed by atoms with Gasteiger partial charge in [0.25, 0.3) is 5.91 Å². The van der Waals surface area contributed by atoms with E-state index in [1.807, 2.05) is 78.5 Å². The standard InChI is InChI=1S/C27H28N4O3S/c1-21-24(20-31(30-21)25-14-6-3-7-15-25)13-9-17-28-27(32)23-12-8-16-26(18-23)35(33,34)29-19-22-10-4-2-5-11-22/h2-8,10-12,14-16,18,20,29H,9,13,17,19H2,1H3,(H,28,32). The lowest BCUT2D eigenvalue weighted by molar-refractivity contribution is 0.0953. The van der Waals surface area contributed by atoms with Gasteiger partial charge in [-0.2, -0.15) is 5.10 Å². The fourth-order valence-corrected chi connectivity index (χ4v) is 4.76. The van der Waals surface area contributed by atoms with Crippen molar-refractivity contribution in [1.29, 1.82) is 0 Å². The molecule has 1 heterocycles. The van der Waals surface area contributed by atoms with E-state index in [1.165, 1.54) is 12.1 Å². The summed E-state index contributed by atoms with van der Waals surface area (Å²) < 4.78 is 29.8. The van der Waals surface area contributed by atoms with Gasteiger partial charge in [-0.1, -0.05) is 54.6 Å². The van der Waals surface area contributed by atoms with E-state index in [4.69, 9.17) is 0 Å². The van der Waals surface area contributed by atoms with Crippen molar-refractivity contribution in [2.45, 2.75) is 31.2 Å². The normalized spacial score (nSPS) is 11.3. The third-order valence-electron chi connectivity index (χ3n) is 5.65. The van der Waals surface area contributed by atoms with E-state index in [0.29, 0.717) is 12.1 Å². The Morgan fingerprint density at radius 2 is 1.66 bits per heavy atom. The Bertz CT molecular complexity index is 1380. The van der Waals surface area contributed by atoms with Gasteiger partial charge < -0.3 is 5.32 Å². The topological polar surface area (TPSA) is 93.1 Å². The van der Waals surface area contributed by atoms with Gasteiger partial charge in [0, 0.05) is 24.8 Å². The summed E-state index contributed by atoms with van der Waals surface area (Å²) in [5.74, 6) is -0.304. The number of hydrogen-bond donors (Lipinski definition) is 2. The van der Waals surface area contributed by atoms with Crippen LogP contribution in [0, 0.1) is 6.92 Å². The molecule has 0 saturated carbocycles. The van der Waals surface area contributed by atoms with Crippen LogP contribution in [0.4, 0.5) is 0 Å². The van der Waals surface area contributed by atoms with Crippen molar-refractivity contribution < 1.29 is 13.2 Å². The van der Waals surface area contributed by atoms with Crippen molar-refractivity contribution in [3.8, 4) is 5.69 Å². The number of hydrogen-bond acceptors (Lipinski definition) is 4. The van der Waals surface area contributed by atoms with Crippen LogP contribution in [0.1, 0.15) is 33.6 Å². The summed E-state index contributed by atoms with van der Waals surface area (Å²) in [7, 11) is -3.74. The smallest absolute Gasteiger partial charge is 0.251 e. The number of aromatic nitrogens is 2. The maximum absolute atomic E-state index is 12.7. The average molecular weight is 489 g/mol. The second-order valence-electron chi connectivity index (χ2n) is 8.22. The second kappa shape index (κ2) is 11.1. The average Bonchev–Trinajstić information content (AvgIpc) is 3.27. The van der Waals surface area contributed by atoms with Gasteiger partial charge in [0.2, 0.25) is 10.0 Å². The molecule has 2 N–H and O–H groups in total. The molecule has 35 heavy (non-hydrogen) atoms. The van der Waals surface area contributed by atoms with Crippen molar-refractivity contribution in [3.05, 3.63) is 114 Å². The fourth-order valence-electron chi connectivity index (χ4n) is 3.70. The summed E-state index contributed by atoms with van der Waals surface area (Å²) in [6, 6.07) is 25.3. The van der Waals surface area contributed by atoms with Crippen LogP contribution in [0.2, 0.25) is 0 Å². The first kappa shape index (κ1) is 24.4. The van der Waals surface area contributed by atoms with E-state index in [1.54, 1.807) is 12.1 Å². The van der Waals surface area contributed by atoms with Crippen LogP contribution >= 0.6 is 0 Å². The van der Waals surface area contributed by atoms with Crippen molar-refractivity contribution >= 4 is 15.9 Å². The van der Waals surface area contributed by atoms with Crippen LogP contribution in [0.15, 0.2) is 96.0 Å². The molecule has 4 rings (SSSR count). The lowest BCUT2D eigenvalue weighted by Gasteiger charge is -2.09. The first-order valence-corrected chi connectivity index (χ1v) is 12.9. The van der Waals surface area contributed by atoms with Crippen LogP contribution in [0.3, 0.4) is 0 Å². The zero-order valence-electron chi connectivity index (χ0n) is 19.5. The van der Waals surface area contributed by atoms with Gasteiger partial charge in [-0.25, -0.2) is 17.8 Å². The summed E-state index contributed by atoms with van der Waals surface area (Å²) in [6.45, 7) is 2.63. The molecule has 0 spiro atoms. The molecule has 0 aliphatic heterocycles. The number of carbonyl (C=O) groups excluding carboxylic acids is 1.